The first-order valence-corrected chi connectivity index (χ1v) is 18.2. The molecule has 0 saturated heterocycles. The van der Waals surface area contributed by atoms with E-state index in [4.69, 9.17) is 26.5 Å². The van der Waals surface area contributed by atoms with Crippen LogP contribution in [0.1, 0.15) is 64.1 Å². The summed E-state index contributed by atoms with van der Waals surface area (Å²) in [6, 6.07) is 18.8. The molecular formula is C38H39ClN6O3S. The van der Waals surface area contributed by atoms with Gasteiger partial charge in [-0.2, -0.15) is 10.2 Å². The van der Waals surface area contributed by atoms with E-state index in [0.29, 0.717) is 31.0 Å². The molecular weight excluding hydrogens is 656 g/mol. The van der Waals surface area contributed by atoms with Gasteiger partial charge in [-0.1, -0.05) is 41.9 Å². The number of ether oxygens (including phenoxy) is 1. The average molecular weight is 695 g/mol. The van der Waals surface area contributed by atoms with Gasteiger partial charge in [0.25, 0.3) is 0 Å². The Bertz CT molecular complexity index is 2270. The summed E-state index contributed by atoms with van der Waals surface area (Å²) in [6.07, 6.45) is 3.18. The summed E-state index contributed by atoms with van der Waals surface area (Å²) in [4.78, 5) is 16.4. The van der Waals surface area contributed by atoms with E-state index in [-0.39, 0.29) is 11.7 Å². The molecule has 9 nitrogen and oxygen atoms in total. The molecule has 0 aliphatic carbocycles. The summed E-state index contributed by atoms with van der Waals surface area (Å²) in [5.74, 6) is 0.657. The van der Waals surface area contributed by atoms with Gasteiger partial charge < -0.3 is 14.4 Å². The first-order chi connectivity index (χ1) is 23.7. The number of rotatable bonds is 1. The summed E-state index contributed by atoms with van der Waals surface area (Å²) >= 11 is 8.89. The Hall–Kier alpha value is -4.25. The molecule has 8 rings (SSSR count). The van der Waals surface area contributed by atoms with Gasteiger partial charge in [0.1, 0.15) is 11.4 Å². The van der Waals surface area contributed by atoms with Crippen LogP contribution in [0.5, 0.6) is 5.75 Å². The van der Waals surface area contributed by atoms with Crippen molar-refractivity contribution in [3.05, 3.63) is 93.7 Å². The number of halogens is 1. The number of aryl methyl sites for hydroxylation is 5. The highest BCUT2D eigenvalue weighted by atomic mass is 35.5. The summed E-state index contributed by atoms with van der Waals surface area (Å²) in [6.45, 7) is 3.99. The zero-order valence-electron chi connectivity index (χ0n) is 28.2. The number of hydrogen-bond acceptors (Lipinski definition) is 6. The van der Waals surface area contributed by atoms with Crippen molar-refractivity contribution in [1.29, 1.82) is 0 Å². The molecule has 0 amide bonds. The minimum atomic E-state index is -0.956. The lowest BCUT2D eigenvalue weighted by Crippen LogP contribution is -2.30. The molecule has 0 radical (unpaired) electrons. The van der Waals surface area contributed by atoms with Crippen molar-refractivity contribution in [2.24, 2.45) is 14.1 Å². The number of carbonyl (C=O) groups is 1. The first-order valence-electron chi connectivity index (χ1n) is 16.8. The van der Waals surface area contributed by atoms with Crippen LogP contribution in [0.15, 0.2) is 59.5 Å². The third-order valence-electron chi connectivity index (χ3n) is 10.2. The van der Waals surface area contributed by atoms with Gasteiger partial charge >= 0.3 is 5.97 Å². The third-order valence-corrected chi connectivity index (χ3v) is 11.5. The Kier molecular flexibility index (Phi) is 8.21. The molecule has 2 aliphatic heterocycles. The highest BCUT2D eigenvalue weighted by Gasteiger charge is 2.34. The molecule has 2 aliphatic rings. The predicted octanol–water partition coefficient (Wildman–Crippen LogP) is 8.17. The maximum atomic E-state index is 12.9. The smallest absolute Gasteiger partial charge is 0.352 e. The number of hydrogen-bond donors (Lipinski definition) is 1. The van der Waals surface area contributed by atoms with Crippen molar-refractivity contribution in [2.75, 3.05) is 13.7 Å². The molecule has 0 unspecified atom stereocenters. The average Bonchev–Trinajstić information content (AvgIpc) is 3.70. The highest BCUT2D eigenvalue weighted by molar-refractivity contribution is 7.98. The van der Waals surface area contributed by atoms with Gasteiger partial charge in [-0.05, 0) is 74.9 Å². The van der Waals surface area contributed by atoms with Crippen LogP contribution in [0.3, 0.4) is 0 Å². The largest absolute Gasteiger partial charge is 0.493 e. The first kappa shape index (κ1) is 32.0. The fraction of sp³-hybridized carbons (Fsp3) is 0.342. The molecule has 0 saturated carbocycles. The second kappa shape index (κ2) is 12.6. The normalized spacial score (nSPS) is 17.2. The van der Waals surface area contributed by atoms with E-state index >= 15 is 0 Å². The van der Waals surface area contributed by atoms with Gasteiger partial charge in [0.05, 0.1) is 40.3 Å². The lowest BCUT2D eigenvalue weighted by molar-refractivity contribution is 0.0685. The van der Waals surface area contributed by atoms with E-state index in [0.717, 1.165) is 96.9 Å². The third kappa shape index (κ3) is 5.50. The maximum Gasteiger partial charge on any atom is 0.352 e. The van der Waals surface area contributed by atoms with E-state index in [2.05, 4.69) is 53.0 Å². The highest BCUT2D eigenvalue weighted by Crippen LogP contribution is 2.46. The van der Waals surface area contributed by atoms with E-state index in [1.54, 1.807) is 11.8 Å². The van der Waals surface area contributed by atoms with Crippen molar-refractivity contribution in [3.8, 4) is 16.9 Å². The van der Waals surface area contributed by atoms with Gasteiger partial charge in [-0.3, -0.25) is 14.3 Å². The number of thioether (sulfide) groups is 1. The molecule has 11 heteroatoms. The number of aromatic carboxylic acids is 1. The van der Waals surface area contributed by atoms with Crippen LogP contribution in [0.4, 0.5) is 0 Å². The molecule has 8 bridgehead atoms. The fourth-order valence-corrected chi connectivity index (χ4v) is 9.20. The van der Waals surface area contributed by atoms with Crippen LogP contribution in [0.2, 0.25) is 5.02 Å². The van der Waals surface area contributed by atoms with Gasteiger partial charge in [0.15, 0.2) is 0 Å². The molecule has 3 aromatic carbocycles. The van der Waals surface area contributed by atoms with Crippen LogP contribution >= 0.6 is 23.4 Å². The lowest BCUT2D eigenvalue weighted by Gasteiger charge is -2.32. The number of carboxylic acids is 1. The van der Waals surface area contributed by atoms with E-state index in [9.17, 15) is 9.90 Å². The van der Waals surface area contributed by atoms with Crippen molar-refractivity contribution in [3.63, 3.8) is 0 Å². The molecule has 3 aromatic heterocycles. The van der Waals surface area contributed by atoms with E-state index < -0.39 is 5.97 Å². The molecule has 49 heavy (non-hydrogen) atoms. The molecule has 6 aromatic rings. The lowest BCUT2D eigenvalue weighted by atomic mass is 9.92. The quantitative estimate of drug-likeness (QED) is 0.186. The topological polar surface area (TPSA) is 90.3 Å². The standard InChI is InChI=1S/C38H39ClN6O3S/c1-22-33-34-30(39)14-13-29-28(36(38(46)47)43(3)35(29)34)11-8-16-48-32-19-26(17-23-9-5-6-10-27(23)32)49-21-25-18-24(41-44(25)4)20-42(2)31-12-7-15-45(40-22)37(31)33/h5-6,9-10,13-14,17-19,31H,7-8,11-12,15-16,20-21H2,1-4H3,(H,46,47)/t31-/m1/s1. The Morgan fingerprint density at radius 2 is 1.86 bits per heavy atom. The zero-order chi connectivity index (χ0) is 34.0. The van der Waals surface area contributed by atoms with Gasteiger partial charge in [0.2, 0.25) is 0 Å². The fourth-order valence-electron chi connectivity index (χ4n) is 7.97. The predicted molar refractivity (Wildman–Crippen MR) is 195 cm³/mol. The molecule has 0 spiro atoms. The zero-order valence-corrected chi connectivity index (χ0v) is 29.7. The number of carboxylic acid groups (broad SMARTS) is 1. The SMILES string of the molecule is Cc1nn2c3c1-c1c(Cl)ccc4c(c(C(=O)O)n(C)c14)CCCOc1cc(cc4ccccc14)SCc1cc(nn1C)CN(C)[C@@H]3CCC2. The minimum absolute atomic E-state index is 0.0806. The molecule has 1 atom stereocenters. The molecule has 1 N–H and O–H groups in total. The second-order valence-electron chi connectivity index (χ2n) is 13.3. The summed E-state index contributed by atoms with van der Waals surface area (Å²) in [5.41, 5.74) is 7.93. The number of nitrogens with zero attached hydrogens (tertiary/aromatic N) is 6. The number of fused-ring (bicyclic) bond motifs is 7. The Morgan fingerprint density at radius 1 is 1.02 bits per heavy atom. The van der Waals surface area contributed by atoms with Gasteiger partial charge in [0, 0.05) is 65.4 Å². The van der Waals surface area contributed by atoms with Crippen molar-refractivity contribution in [2.45, 2.75) is 62.4 Å². The molecule has 252 valence electrons. The Labute approximate surface area is 294 Å². The monoisotopic (exact) mass is 694 g/mol. The van der Waals surface area contributed by atoms with E-state index in [1.807, 2.05) is 48.5 Å². The Morgan fingerprint density at radius 3 is 2.69 bits per heavy atom. The number of benzene rings is 3. The minimum Gasteiger partial charge on any atom is -0.493 e. The molecule has 0 fully saturated rings. The maximum absolute atomic E-state index is 12.9. The van der Waals surface area contributed by atoms with Crippen molar-refractivity contribution >= 4 is 51.0 Å². The Balaban J connectivity index is 1.30. The second-order valence-corrected chi connectivity index (χ2v) is 14.7. The van der Waals surface area contributed by atoms with Crippen LogP contribution in [-0.2, 0) is 39.4 Å². The summed E-state index contributed by atoms with van der Waals surface area (Å²) in [7, 11) is 6.02. The van der Waals surface area contributed by atoms with Crippen molar-refractivity contribution < 1.29 is 14.6 Å². The van der Waals surface area contributed by atoms with Gasteiger partial charge in [-0.25, -0.2) is 4.79 Å². The number of aromatic nitrogens is 5. The van der Waals surface area contributed by atoms with Gasteiger partial charge in [-0.15, -0.1) is 11.8 Å². The van der Waals surface area contributed by atoms with Crippen LogP contribution in [-0.4, -0.2) is 53.8 Å². The van der Waals surface area contributed by atoms with Crippen molar-refractivity contribution in [1.82, 2.24) is 29.0 Å². The summed E-state index contributed by atoms with van der Waals surface area (Å²) in [5, 5.41) is 24.2. The van der Waals surface area contributed by atoms with Crippen LogP contribution in [0.25, 0.3) is 32.8 Å². The van der Waals surface area contributed by atoms with E-state index in [1.165, 1.54) is 0 Å². The van der Waals surface area contributed by atoms with Crippen LogP contribution < -0.4 is 4.74 Å². The molecule has 5 heterocycles. The van der Waals surface area contributed by atoms with Crippen LogP contribution in [0, 0.1) is 6.92 Å². The summed E-state index contributed by atoms with van der Waals surface area (Å²) < 4.78 is 12.4.